The molecule has 0 heterocycles. The van der Waals surface area contributed by atoms with Gasteiger partial charge in [0.2, 0.25) is 5.91 Å². The van der Waals surface area contributed by atoms with E-state index in [9.17, 15) is 4.79 Å². The lowest BCUT2D eigenvalue weighted by Crippen LogP contribution is -2.21. The van der Waals surface area contributed by atoms with Crippen LogP contribution in [-0.2, 0) is 4.79 Å². The number of rotatable bonds is 5. The highest BCUT2D eigenvalue weighted by molar-refractivity contribution is 7.98. The summed E-state index contributed by atoms with van der Waals surface area (Å²) in [6, 6.07) is 15.0. The Bertz CT molecular complexity index is 587. The summed E-state index contributed by atoms with van der Waals surface area (Å²) >= 11 is 7.46. The largest absolute Gasteiger partial charge is 0.376 e. The van der Waals surface area contributed by atoms with Gasteiger partial charge in [0, 0.05) is 21.3 Å². The summed E-state index contributed by atoms with van der Waals surface area (Å²) in [7, 11) is 0. The number of carbonyl (C=O) groups excluding carboxylic acids is 1. The van der Waals surface area contributed by atoms with Gasteiger partial charge in [-0.25, -0.2) is 0 Å². The van der Waals surface area contributed by atoms with Crippen LogP contribution < -0.4 is 10.6 Å². The number of amides is 1. The molecule has 3 nitrogen and oxygen atoms in total. The Hall–Kier alpha value is -1.65. The average Bonchev–Trinajstić information content (AvgIpc) is 2.48. The van der Waals surface area contributed by atoms with Gasteiger partial charge in [0.1, 0.15) is 0 Å². The van der Waals surface area contributed by atoms with E-state index in [-0.39, 0.29) is 12.5 Å². The molecule has 0 aliphatic heterocycles. The van der Waals surface area contributed by atoms with Crippen molar-refractivity contribution in [3.05, 3.63) is 53.6 Å². The Morgan fingerprint density at radius 3 is 2.60 bits per heavy atom. The van der Waals surface area contributed by atoms with Crippen molar-refractivity contribution < 1.29 is 4.79 Å². The molecule has 0 radical (unpaired) electrons. The van der Waals surface area contributed by atoms with E-state index in [1.54, 1.807) is 36.0 Å². The SMILES string of the molecule is CSc1cccc(NCC(=O)Nc2ccc(Cl)cc2)c1. The molecule has 0 unspecified atom stereocenters. The highest BCUT2D eigenvalue weighted by atomic mass is 35.5. The molecule has 1 amide bonds. The van der Waals surface area contributed by atoms with Gasteiger partial charge in [-0.2, -0.15) is 0 Å². The smallest absolute Gasteiger partial charge is 0.243 e. The number of nitrogens with one attached hydrogen (secondary N) is 2. The first-order valence-corrected chi connectivity index (χ1v) is 7.71. The van der Waals surface area contributed by atoms with Gasteiger partial charge in [0.05, 0.1) is 6.54 Å². The Labute approximate surface area is 127 Å². The van der Waals surface area contributed by atoms with E-state index >= 15 is 0 Å². The van der Waals surface area contributed by atoms with Crippen LogP contribution in [0.5, 0.6) is 0 Å². The Morgan fingerprint density at radius 2 is 1.90 bits per heavy atom. The molecule has 0 saturated carbocycles. The molecule has 0 bridgehead atoms. The van der Waals surface area contributed by atoms with Gasteiger partial charge in [-0.1, -0.05) is 17.7 Å². The highest BCUT2D eigenvalue weighted by Crippen LogP contribution is 2.18. The van der Waals surface area contributed by atoms with Crippen molar-refractivity contribution in [2.24, 2.45) is 0 Å². The highest BCUT2D eigenvalue weighted by Gasteiger charge is 2.02. The number of benzene rings is 2. The maximum absolute atomic E-state index is 11.8. The van der Waals surface area contributed by atoms with Gasteiger partial charge in [0.15, 0.2) is 0 Å². The van der Waals surface area contributed by atoms with Crippen LogP contribution in [0.2, 0.25) is 5.02 Å². The monoisotopic (exact) mass is 306 g/mol. The topological polar surface area (TPSA) is 41.1 Å². The lowest BCUT2D eigenvalue weighted by Gasteiger charge is -2.08. The Balaban J connectivity index is 1.87. The second kappa shape index (κ2) is 7.22. The summed E-state index contributed by atoms with van der Waals surface area (Å²) in [5.41, 5.74) is 1.67. The van der Waals surface area contributed by atoms with E-state index in [2.05, 4.69) is 10.6 Å². The summed E-state index contributed by atoms with van der Waals surface area (Å²) in [5.74, 6) is -0.0955. The maximum atomic E-state index is 11.8. The summed E-state index contributed by atoms with van der Waals surface area (Å²) in [5, 5.41) is 6.55. The molecule has 0 aliphatic rings. The second-order valence-electron chi connectivity index (χ2n) is 4.14. The minimum absolute atomic E-state index is 0.0955. The van der Waals surface area contributed by atoms with Gasteiger partial charge in [-0.05, 0) is 48.7 Å². The molecule has 0 saturated heterocycles. The number of anilines is 2. The zero-order valence-electron chi connectivity index (χ0n) is 11.0. The number of carbonyl (C=O) groups is 1. The van der Waals surface area contributed by atoms with Gasteiger partial charge in [0.25, 0.3) is 0 Å². The van der Waals surface area contributed by atoms with E-state index in [1.165, 1.54) is 0 Å². The molecule has 0 aromatic heterocycles. The standard InChI is InChI=1S/C15H15ClN2OS/c1-20-14-4-2-3-13(9-14)17-10-15(19)18-12-7-5-11(16)6-8-12/h2-9,17H,10H2,1H3,(H,18,19). The third-order valence-electron chi connectivity index (χ3n) is 2.65. The van der Waals surface area contributed by atoms with E-state index < -0.39 is 0 Å². The fraction of sp³-hybridized carbons (Fsp3) is 0.133. The molecular formula is C15H15ClN2OS. The van der Waals surface area contributed by atoms with Crippen LogP contribution in [0.25, 0.3) is 0 Å². The maximum Gasteiger partial charge on any atom is 0.243 e. The first-order chi connectivity index (χ1) is 9.67. The molecule has 5 heteroatoms. The molecule has 2 aromatic carbocycles. The van der Waals surface area contributed by atoms with Gasteiger partial charge in [-0.15, -0.1) is 11.8 Å². The van der Waals surface area contributed by atoms with Gasteiger partial charge >= 0.3 is 0 Å². The number of thioether (sulfide) groups is 1. The van der Waals surface area contributed by atoms with E-state index in [1.807, 2.05) is 30.5 Å². The van der Waals surface area contributed by atoms with Crippen LogP contribution in [0.15, 0.2) is 53.4 Å². The fourth-order valence-corrected chi connectivity index (χ4v) is 2.24. The fourth-order valence-electron chi connectivity index (χ4n) is 1.65. The molecule has 0 atom stereocenters. The molecule has 0 fully saturated rings. The lowest BCUT2D eigenvalue weighted by atomic mass is 10.3. The second-order valence-corrected chi connectivity index (χ2v) is 5.46. The van der Waals surface area contributed by atoms with Gasteiger partial charge in [-0.3, -0.25) is 4.79 Å². The predicted octanol–water partition coefficient (Wildman–Crippen LogP) is 4.11. The van der Waals surface area contributed by atoms with Crippen molar-refractivity contribution >= 4 is 40.6 Å². The van der Waals surface area contributed by atoms with Crippen molar-refractivity contribution in [3.63, 3.8) is 0 Å². The Morgan fingerprint density at radius 1 is 1.15 bits per heavy atom. The summed E-state index contributed by atoms with van der Waals surface area (Å²) in [6.07, 6.45) is 2.02. The van der Waals surface area contributed by atoms with Crippen LogP contribution in [-0.4, -0.2) is 18.7 Å². The van der Waals surface area contributed by atoms with Crippen molar-refractivity contribution in [3.8, 4) is 0 Å². The Kier molecular flexibility index (Phi) is 5.32. The zero-order valence-corrected chi connectivity index (χ0v) is 12.6. The molecule has 2 aromatic rings. The zero-order chi connectivity index (χ0) is 14.4. The molecule has 2 rings (SSSR count). The normalized spacial score (nSPS) is 10.1. The molecule has 0 aliphatic carbocycles. The van der Waals surface area contributed by atoms with E-state index in [0.29, 0.717) is 5.02 Å². The van der Waals surface area contributed by atoms with E-state index in [0.717, 1.165) is 16.3 Å². The average molecular weight is 307 g/mol. The molecule has 20 heavy (non-hydrogen) atoms. The first-order valence-electron chi connectivity index (χ1n) is 6.11. The molecule has 104 valence electrons. The quantitative estimate of drug-likeness (QED) is 0.817. The van der Waals surface area contributed by atoms with Crippen LogP contribution in [0.4, 0.5) is 11.4 Å². The first kappa shape index (κ1) is 14.8. The number of halogens is 1. The number of hydrogen-bond donors (Lipinski definition) is 2. The van der Waals surface area contributed by atoms with Gasteiger partial charge < -0.3 is 10.6 Å². The molecule has 2 N–H and O–H groups in total. The number of hydrogen-bond acceptors (Lipinski definition) is 3. The van der Waals surface area contributed by atoms with Crippen LogP contribution in [0, 0.1) is 0 Å². The molecular weight excluding hydrogens is 292 g/mol. The van der Waals surface area contributed by atoms with Crippen LogP contribution >= 0.6 is 23.4 Å². The summed E-state index contributed by atoms with van der Waals surface area (Å²) in [4.78, 5) is 13.0. The molecule has 0 spiro atoms. The minimum atomic E-state index is -0.0955. The summed E-state index contributed by atoms with van der Waals surface area (Å²) in [6.45, 7) is 0.223. The third kappa shape index (κ3) is 4.47. The van der Waals surface area contributed by atoms with Crippen molar-refractivity contribution in [2.75, 3.05) is 23.4 Å². The van der Waals surface area contributed by atoms with Crippen molar-refractivity contribution in [1.29, 1.82) is 0 Å². The van der Waals surface area contributed by atoms with Crippen molar-refractivity contribution in [1.82, 2.24) is 0 Å². The van der Waals surface area contributed by atoms with E-state index in [4.69, 9.17) is 11.6 Å². The predicted molar refractivity (Wildman–Crippen MR) is 86.8 cm³/mol. The third-order valence-corrected chi connectivity index (χ3v) is 3.63. The van der Waals surface area contributed by atoms with Crippen molar-refractivity contribution in [2.45, 2.75) is 4.90 Å². The minimum Gasteiger partial charge on any atom is -0.376 e. The lowest BCUT2D eigenvalue weighted by molar-refractivity contribution is -0.114. The van der Waals surface area contributed by atoms with Crippen LogP contribution in [0.1, 0.15) is 0 Å². The summed E-state index contributed by atoms with van der Waals surface area (Å²) < 4.78 is 0. The van der Waals surface area contributed by atoms with Crippen LogP contribution in [0.3, 0.4) is 0 Å².